The van der Waals surface area contributed by atoms with Crippen LogP contribution in [0.1, 0.15) is 0 Å². The number of benzene rings is 9. The first-order valence-corrected chi connectivity index (χ1v) is 17.1. The van der Waals surface area contributed by atoms with Gasteiger partial charge in [-0.15, -0.1) is 0 Å². The van der Waals surface area contributed by atoms with Gasteiger partial charge in [0.15, 0.2) is 0 Å². The van der Waals surface area contributed by atoms with E-state index in [1.165, 1.54) is 49.0 Å². The summed E-state index contributed by atoms with van der Waals surface area (Å²) in [5.74, 6) is 0. The number of anilines is 3. The summed E-state index contributed by atoms with van der Waals surface area (Å²) in [7, 11) is 0. The Morgan fingerprint density at radius 1 is 0.320 bits per heavy atom. The fourth-order valence-corrected chi connectivity index (χ4v) is 7.67. The SMILES string of the molecule is c1cc(-c2cccc(N(c3ccc4c(c3)oc3ccccc34)c3cc4ccccc4c4ccccc34)c2)cc(-c2cccc3ccccc23)c1. The lowest BCUT2D eigenvalue weighted by Gasteiger charge is -2.28. The van der Waals surface area contributed by atoms with Crippen molar-refractivity contribution in [1.29, 1.82) is 0 Å². The maximum atomic E-state index is 6.42. The Bertz CT molecular complexity index is 2890. The normalized spacial score (nSPS) is 11.6. The summed E-state index contributed by atoms with van der Waals surface area (Å²) in [5.41, 5.74) is 9.79. The van der Waals surface area contributed by atoms with Crippen LogP contribution in [0, 0.1) is 0 Å². The lowest BCUT2D eigenvalue weighted by atomic mass is 9.95. The second-order valence-corrected chi connectivity index (χ2v) is 12.9. The van der Waals surface area contributed by atoms with E-state index in [0.29, 0.717) is 0 Å². The molecule has 0 N–H and O–H groups in total. The molecule has 0 unspecified atom stereocenters. The Morgan fingerprint density at radius 3 is 1.80 bits per heavy atom. The van der Waals surface area contributed by atoms with Gasteiger partial charge >= 0.3 is 0 Å². The highest BCUT2D eigenvalue weighted by atomic mass is 16.3. The van der Waals surface area contributed by atoms with E-state index in [4.69, 9.17) is 4.42 Å². The molecule has 0 atom stereocenters. The molecule has 0 aliphatic rings. The fraction of sp³-hybridized carbons (Fsp3) is 0. The van der Waals surface area contributed by atoms with E-state index in [1.807, 2.05) is 12.1 Å². The highest BCUT2D eigenvalue weighted by Crippen LogP contribution is 2.44. The van der Waals surface area contributed by atoms with Crippen LogP contribution in [0.4, 0.5) is 17.1 Å². The van der Waals surface area contributed by atoms with Gasteiger partial charge in [0.25, 0.3) is 0 Å². The first-order chi connectivity index (χ1) is 24.8. The van der Waals surface area contributed by atoms with Gasteiger partial charge in [0.05, 0.1) is 5.69 Å². The molecule has 0 radical (unpaired) electrons. The third kappa shape index (κ3) is 4.65. The van der Waals surface area contributed by atoms with Crippen molar-refractivity contribution in [2.45, 2.75) is 0 Å². The zero-order valence-electron chi connectivity index (χ0n) is 27.3. The maximum absolute atomic E-state index is 6.42. The molecule has 2 heteroatoms. The third-order valence-electron chi connectivity index (χ3n) is 10.0. The van der Waals surface area contributed by atoms with E-state index in [2.05, 4.69) is 181 Å². The van der Waals surface area contributed by atoms with E-state index in [0.717, 1.165) is 44.6 Å². The lowest BCUT2D eigenvalue weighted by molar-refractivity contribution is 0.669. The van der Waals surface area contributed by atoms with E-state index >= 15 is 0 Å². The minimum atomic E-state index is 0.873. The first kappa shape index (κ1) is 28.4. The molecule has 0 amide bonds. The molecular formula is C48H31NO. The molecule has 0 spiro atoms. The van der Waals surface area contributed by atoms with Crippen LogP contribution in [0.15, 0.2) is 192 Å². The van der Waals surface area contributed by atoms with Gasteiger partial charge in [-0.05, 0) is 91.6 Å². The van der Waals surface area contributed by atoms with Gasteiger partial charge in [-0.3, -0.25) is 0 Å². The Morgan fingerprint density at radius 2 is 0.920 bits per heavy atom. The Kier molecular flexibility index (Phi) is 6.53. The number of hydrogen-bond donors (Lipinski definition) is 0. The summed E-state index contributed by atoms with van der Waals surface area (Å²) >= 11 is 0. The van der Waals surface area contributed by atoms with E-state index in [-0.39, 0.29) is 0 Å². The average molecular weight is 638 g/mol. The number of fused-ring (bicyclic) bond motifs is 7. The van der Waals surface area contributed by atoms with Gasteiger partial charge < -0.3 is 9.32 Å². The number of rotatable bonds is 5. The van der Waals surface area contributed by atoms with Crippen LogP contribution in [0.2, 0.25) is 0 Å². The number of para-hydroxylation sites is 1. The quantitative estimate of drug-likeness (QED) is 0.175. The molecule has 1 aromatic heterocycles. The van der Waals surface area contributed by atoms with Crippen LogP contribution >= 0.6 is 0 Å². The molecule has 50 heavy (non-hydrogen) atoms. The zero-order valence-corrected chi connectivity index (χ0v) is 27.3. The van der Waals surface area contributed by atoms with Crippen molar-refractivity contribution in [3.63, 3.8) is 0 Å². The molecule has 0 saturated carbocycles. The van der Waals surface area contributed by atoms with Crippen molar-refractivity contribution >= 4 is 71.3 Å². The summed E-state index contributed by atoms with van der Waals surface area (Å²) in [4.78, 5) is 2.39. The van der Waals surface area contributed by atoms with Gasteiger partial charge in [-0.1, -0.05) is 140 Å². The van der Waals surface area contributed by atoms with E-state index < -0.39 is 0 Å². The van der Waals surface area contributed by atoms with Crippen LogP contribution in [0.5, 0.6) is 0 Å². The van der Waals surface area contributed by atoms with Crippen molar-refractivity contribution in [2.24, 2.45) is 0 Å². The van der Waals surface area contributed by atoms with Crippen molar-refractivity contribution in [3.05, 3.63) is 188 Å². The van der Waals surface area contributed by atoms with E-state index in [9.17, 15) is 0 Å². The predicted molar refractivity (Wildman–Crippen MR) is 212 cm³/mol. The summed E-state index contributed by atoms with van der Waals surface area (Å²) in [5, 5.41) is 9.63. The number of furan rings is 1. The van der Waals surface area contributed by atoms with E-state index in [1.54, 1.807) is 0 Å². The Balaban J connectivity index is 1.18. The molecule has 234 valence electrons. The summed E-state index contributed by atoms with van der Waals surface area (Å²) < 4.78 is 6.42. The van der Waals surface area contributed by atoms with Gasteiger partial charge in [0.1, 0.15) is 11.2 Å². The topological polar surface area (TPSA) is 16.4 Å². The first-order valence-electron chi connectivity index (χ1n) is 17.1. The van der Waals surface area contributed by atoms with Crippen molar-refractivity contribution in [2.75, 3.05) is 4.90 Å². The largest absolute Gasteiger partial charge is 0.456 e. The molecular weight excluding hydrogens is 607 g/mol. The standard InChI is InChI=1S/C48H31NO/c1-3-19-39-32(12-1)14-11-24-40(39)35-17-9-15-33(28-35)34-16-10-18-37(29-34)49(38-26-27-45-44-23-7-8-25-47(44)50-48(45)31-38)46-30-36-13-2-4-20-41(36)42-21-5-6-22-43(42)46/h1-31H. The van der Waals surface area contributed by atoms with Crippen molar-refractivity contribution in [3.8, 4) is 22.3 Å². The van der Waals surface area contributed by atoms with Gasteiger partial charge in [0, 0.05) is 33.6 Å². The number of hydrogen-bond acceptors (Lipinski definition) is 2. The predicted octanol–water partition coefficient (Wildman–Crippen LogP) is 13.8. The molecule has 0 saturated heterocycles. The van der Waals surface area contributed by atoms with Gasteiger partial charge in [0.2, 0.25) is 0 Å². The molecule has 2 nitrogen and oxygen atoms in total. The lowest BCUT2D eigenvalue weighted by Crippen LogP contribution is -2.10. The van der Waals surface area contributed by atoms with Crippen LogP contribution in [-0.4, -0.2) is 0 Å². The highest BCUT2D eigenvalue weighted by Gasteiger charge is 2.19. The minimum absolute atomic E-state index is 0.873. The molecule has 0 bridgehead atoms. The molecule has 10 rings (SSSR count). The summed E-state index contributed by atoms with van der Waals surface area (Å²) in [6.07, 6.45) is 0. The Hall–Kier alpha value is -6.64. The molecule has 0 fully saturated rings. The maximum Gasteiger partial charge on any atom is 0.137 e. The second-order valence-electron chi connectivity index (χ2n) is 12.9. The molecule has 10 aromatic rings. The molecule has 1 heterocycles. The van der Waals surface area contributed by atoms with Crippen molar-refractivity contribution in [1.82, 2.24) is 0 Å². The zero-order chi connectivity index (χ0) is 33.0. The smallest absolute Gasteiger partial charge is 0.137 e. The fourth-order valence-electron chi connectivity index (χ4n) is 7.67. The number of nitrogens with zero attached hydrogens (tertiary/aromatic N) is 1. The second kappa shape index (κ2) is 11.5. The molecule has 0 aliphatic heterocycles. The van der Waals surface area contributed by atoms with Crippen LogP contribution < -0.4 is 4.90 Å². The monoisotopic (exact) mass is 637 g/mol. The summed E-state index contributed by atoms with van der Waals surface area (Å²) in [6.45, 7) is 0. The summed E-state index contributed by atoms with van der Waals surface area (Å²) in [6, 6.07) is 67.6. The van der Waals surface area contributed by atoms with Crippen LogP contribution in [0.25, 0.3) is 76.5 Å². The average Bonchev–Trinajstić information content (AvgIpc) is 3.56. The van der Waals surface area contributed by atoms with Crippen LogP contribution in [0.3, 0.4) is 0 Å². The third-order valence-corrected chi connectivity index (χ3v) is 10.0. The Labute approximate surface area is 290 Å². The highest BCUT2D eigenvalue weighted by molar-refractivity contribution is 6.15. The molecule has 0 aliphatic carbocycles. The molecule has 9 aromatic carbocycles. The van der Waals surface area contributed by atoms with Gasteiger partial charge in [-0.25, -0.2) is 0 Å². The van der Waals surface area contributed by atoms with Crippen LogP contribution in [-0.2, 0) is 0 Å². The van der Waals surface area contributed by atoms with Crippen molar-refractivity contribution < 1.29 is 4.42 Å². The van der Waals surface area contributed by atoms with Gasteiger partial charge in [-0.2, -0.15) is 0 Å². The minimum Gasteiger partial charge on any atom is -0.456 e.